The molecule has 1 aromatic carbocycles. The van der Waals surface area contributed by atoms with Gasteiger partial charge in [0.25, 0.3) is 5.91 Å². The number of benzene rings is 1. The van der Waals surface area contributed by atoms with E-state index < -0.39 is 11.6 Å². The molecule has 0 saturated carbocycles. The van der Waals surface area contributed by atoms with Crippen LogP contribution in [-0.4, -0.2) is 36.4 Å². The molecule has 0 aliphatic carbocycles. The van der Waals surface area contributed by atoms with Crippen LogP contribution in [0.25, 0.3) is 10.9 Å². The largest absolute Gasteiger partial charge is 0.352 e. The van der Waals surface area contributed by atoms with Gasteiger partial charge in [0.2, 0.25) is 0 Å². The topological polar surface area (TPSA) is 60.5 Å². The van der Waals surface area contributed by atoms with E-state index >= 15 is 0 Å². The molecule has 1 amide bonds. The molecule has 2 aromatic rings. The number of carbonyl (C=O) groups excluding carboxylic acids is 1. The Labute approximate surface area is 137 Å². The Balaban J connectivity index is 1.70. The third-order valence-corrected chi connectivity index (χ3v) is 4.03. The van der Waals surface area contributed by atoms with E-state index in [-0.39, 0.29) is 16.6 Å². The lowest BCUT2D eigenvalue weighted by atomic mass is 10.1. The molecular weight excluding hydrogens is 323 g/mol. The van der Waals surface area contributed by atoms with E-state index in [2.05, 4.69) is 10.3 Å². The van der Waals surface area contributed by atoms with E-state index in [1.807, 2.05) is 6.92 Å². The summed E-state index contributed by atoms with van der Waals surface area (Å²) in [5, 5.41) is 3.46. The Morgan fingerprint density at radius 2 is 2.13 bits per heavy atom. The van der Waals surface area contributed by atoms with Crippen LogP contribution in [0, 0.1) is 5.82 Å². The van der Waals surface area contributed by atoms with Crippen molar-refractivity contribution in [1.29, 1.82) is 0 Å². The van der Waals surface area contributed by atoms with Gasteiger partial charge in [0.1, 0.15) is 11.0 Å². The van der Waals surface area contributed by atoms with Gasteiger partial charge in [0, 0.05) is 24.4 Å². The van der Waals surface area contributed by atoms with Crippen LogP contribution in [0.1, 0.15) is 23.7 Å². The van der Waals surface area contributed by atoms with Crippen molar-refractivity contribution in [2.45, 2.75) is 19.1 Å². The van der Waals surface area contributed by atoms with E-state index in [1.165, 1.54) is 12.1 Å². The van der Waals surface area contributed by atoms with Crippen LogP contribution in [0.2, 0.25) is 5.15 Å². The Bertz CT molecular complexity index is 747. The second kappa shape index (κ2) is 6.39. The lowest BCUT2D eigenvalue weighted by Gasteiger charge is -2.22. The summed E-state index contributed by atoms with van der Waals surface area (Å²) in [6.45, 7) is 3.33. The number of nitrogens with one attached hydrogen (secondary N) is 1. The first kappa shape index (κ1) is 16.1. The third kappa shape index (κ3) is 3.60. The predicted molar refractivity (Wildman–Crippen MR) is 84.0 cm³/mol. The summed E-state index contributed by atoms with van der Waals surface area (Å²) >= 11 is 6.04. The molecule has 1 saturated heterocycles. The molecule has 1 fully saturated rings. The Morgan fingerprint density at radius 1 is 1.39 bits per heavy atom. The van der Waals surface area contributed by atoms with Gasteiger partial charge in [0.15, 0.2) is 5.79 Å². The first-order chi connectivity index (χ1) is 11.0. The maximum absolute atomic E-state index is 13.2. The average Bonchev–Trinajstić information content (AvgIpc) is 2.93. The molecule has 0 spiro atoms. The van der Waals surface area contributed by atoms with Crippen molar-refractivity contribution in [2.75, 3.05) is 19.8 Å². The first-order valence-electron chi connectivity index (χ1n) is 7.29. The second-order valence-corrected chi connectivity index (χ2v) is 5.86. The maximum Gasteiger partial charge on any atom is 0.254 e. The van der Waals surface area contributed by atoms with Gasteiger partial charge in [-0.25, -0.2) is 9.37 Å². The smallest absolute Gasteiger partial charge is 0.254 e. The number of carbonyl (C=O) groups is 1. The molecule has 0 bridgehead atoms. The Kier molecular flexibility index (Phi) is 4.48. The molecule has 0 atom stereocenters. The van der Waals surface area contributed by atoms with Gasteiger partial charge in [0.05, 0.1) is 24.3 Å². The molecule has 1 aliphatic heterocycles. The standard InChI is InChI=1S/C16H16ClFN2O3/c1-16(22-6-7-23-16)4-5-19-15(21)12-8-10-2-3-11(18)9-13(10)20-14(12)17/h2-3,8-9H,4-7H2,1H3,(H,19,21). The minimum atomic E-state index is -0.657. The minimum absolute atomic E-state index is 0.0418. The summed E-state index contributed by atoms with van der Waals surface area (Å²) in [5.74, 6) is -1.39. The number of fused-ring (bicyclic) bond motifs is 1. The highest BCUT2D eigenvalue weighted by atomic mass is 35.5. The van der Waals surface area contributed by atoms with Crippen LogP contribution in [-0.2, 0) is 9.47 Å². The summed E-state index contributed by atoms with van der Waals surface area (Å²) in [4.78, 5) is 16.3. The van der Waals surface area contributed by atoms with Crippen molar-refractivity contribution >= 4 is 28.4 Å². The van der Waals surface area contributed by atoms with Gasteiger partial charge in [-0.3, -0.25) is 4.79 Å². The fraction of sp³-hybridized carbons (Fsp3) is 0.375. The van der Waals surface area contributed by atoms with Crippen LogP contribution < -0.4 is 5.32 Å². The van der Waals surface area contributed by atoms with E-state index in [0.29, 0.717) is 37.1 Å². The van der Waals surface area contributed by atoms with Crippen molar-refractivity contribution in [3.63, 3.8) is 0 Å². The zero-order valence-corrected chi connectivity index (χ0v) is 13.3. The van der Waals surface area contributed by atoms with Crippen molar-refractivity contribution < 1.29 is 18.7 Å². The van der Waals surface area contributed by atoms with Crippen molar-refractivity contribution in [2.24, 2.45) is 0 Å². The van der Waals surface area contributed by atoms with Gasteiger partial charge < -0.3 is 14.8 Å². The van der Waals surface area contributed by atoms with Gasteiger partial charge in [-0.2, -0.15) is 0 Å². The summed E-state index contributed by atoms with van der Waals surface area (Å²) in [6, 6.07) is 5.75. The Morgan fingerprint density at radius 3 is 2.87 bits per heavy atom. The van der Waals surface area contributed by atoms with Gasteiger partial charge >= 0.3 is 0 Å². The molecule has 1 aliphatic rings. The number of pyridine rings is 1. The zero-order valence-electron chi connectivity index (χ0n) is 12.6. The molecule has 5 nitrogen and oxygen atoms in total. The molecule has 23 heavy (non-hydrogen) atoms. The number of aromatic nitrogens is 1. The number of halogens is 2. The van der Waals surface area contributed by atoms with Crippen molar-refractivity contribution in [3.8, 4) is 0 Å². The van der Waals surface area contributed by atoms with E-state index in [0.717, 1.165) is 0 Å². The van der Waals surface area contributed by atoms with E-state index in [9.17, 15) is 9.18 Å². The number of rotatable bonds is 4. The van der Waals surface area contributed by atoms with Crippen molar-refractivity contribution in [1.82, 2.24) is 10.3 Å². The summed E-state index contributed by atoms with van der Waals surface area (Å²) in [5.41, 5.74) is 0.663. The molecule has 1 N–H and O–H groups in total. The van der Waals surface area contributed by atoms with Crippen LogP contribution in [0.3, 0.4) is 0 Å². The second-order valence-electron chi connectivity index (χ2n) is 5.50. The summed E-state index contributed by atoms with van der Waals surface area (Å²) in [7, 11) is 0. The molecule has 122 valence electrons. The quantitative estimate of drug-likeness (QED) is 0.871. The maximum atomic E-state index is 13.2. The fourth-order valence-corrected chi connectivity index (χ4v) is 2.71. The highest BCUT2D eigenvalue weighted by Gasteiger charge is 2.30. The number of hydrogen-bond donors (Lipinski definition) is 1. The normalized spacial score (nSPS) is 16.7. The molecule has 2 heterocycles. The summed E-state index contributed by atoms with van der Waals surface area (Å²) < 4.78 is 24.1. The molecule has 3 rings (SSSR count). The number of ether oxygens (including phenoxy) is 2. The SMILES string of the molecule is CC1(CCNC(=O)c2cc3ccc(F)cc3nc2Cl)OCCO1. The van der Waals surface area contributed by atoms with E-state index in [1.54, 1.807) is 12.1 Å². The number of hydrogen-bond acceptors (Lipinski definition) is 4. The number of nitrogens with zero attached hydrogens (tertiary/aromatic N) is 1. The van der Waals surface area contributed by atoms with Gasteiger partial charge in [-0.1, -0.05) is 11.6 Å². The van der Waals surface area contributed by atoms with Crippen molar-refractivity contribution in [3.05, 3.63) is 40.8 Å². The van der Waals surface area contributed by atoms with Crippen LogP contribution in [0.15, 0.2) is 24.3 Å². The van der Waals surface area contributed by atoms with Crippen LogP contribution in [0.5, 0.6) is 0 Å². The summed E-state index contributed by atoms with van der Waals surface area (Å²) in [6.07, 6.45) is 0.530. The van der Waals surface area contributed by atoms with E-state index in [4.69, 9.17) is 21.1 Å². The molecule has 7 heteroatoms. The Hall–Kier alpha value is -1.76. The zero-order chi connectivity index (χ0) is 16.4. The average molecular weight is 339 g/mol. The lowest BCUT2D eigenvalue weighted by Crippen LogP contribution is -2.33. The third-order valence-electron chi connectivity index (χ3n) is 3.74. The number of amides is 1. The fourth-order valence-electron chi connectivity index (χ4n) is 2.48. The monoisotopic (exact) mass is 338 g/mol. The lowest BCUT2D eigenvalue weighted by molar-refractivity contribution is -0.145. The minimum Gasteiger partial charge on any atom is -0.352 e. The van der Waals surface area contributed by atoms with Gasteiger partial charge in [-0.05, 0) is 25.1 Å². The van der Waals surface area contributed by atoms with Crippen LogP contribution >= 0.6 is 11.6 Å². The van der Waals surface area contributed by atoms with Gasteiger partial charge in [-0.15, -0.1) is 0 Å². The molecule has 1 aromatic heterocycles. The first-order valence-corrected chi connectivity index (χ1v) is 7.67. The molecule has 0 radical (unpaired) electrons. The van der Waals surface area contributed by atoms with Crippen LogP contribution in [0.4, 0.5) is 4.39 Å². The highest BCUT2D eigenvalue weighted by molar-refractivity contribution is 6.33. The highest BCUT2D eigenvalue weighted by Crippen LogP contribution is 2.23. The molecule has 0 unspecified atom stereocenters. The molecular formula is C16H16ClFN2O3. The predicted octanol–water partition coefficient (Wildman–Crippen LogP) is 2.91.